The van der Waals surface area contributed by atoms with E-state index in [0.29, 0.717) is 24.2 Å². The van der Waals surface area contributed by atoms with Gasteiger partial charge in [-0.05, 0) is 91.3 Å². The summed E-state index contributed by atoms with van der Waals surface area (Å²) in [6.07, 6.45) is 8.94. The summed E-state index contributed by atoms with van der Waals surface area (Å²) in [4.78, 5) is 11.8. The summed E-state index contributed by atoms with van der Waals surface area (Å²) in [6.45, 7) is 10.6. The van der Waals surface area contributed by atoms with E-state index in [9.17, 15) is 18.0 Å². The number of rotatable bonds is 7. The lowest BCUT2D eigenvalue weighted by Crippen LogP contribution is -2.51. The van der Waals surface area contributed by atoms with E-state index in [1.165, 1.54) is 50.5 Å². The van der Waals surface area contributed by atoms with Crippen LogP contribution in [0.25, 0.3) is 0 Å². The van der Waals surface area contributed by atoms with Crippen molar-refractivity contribution in [3.8, 4) is 0 Å². The minimum atomic E-state index is -4.54. The number of carbonyl (C=O) groups is 1. The van der Waals surface area contributed by atoms with Gasteiger partial charge in [0.25, 0.3) is 0 Å². The Labute approximate surface area is 215 Å². The lowest BCUT2D eigenvalue weighted by molar-refractivity contribution is -0.167. The van der Waals surface area contributed by atoms with E-state index in [0.717, 1.165) is 42.4 Å². The van der Waals surface area contributed by atoms with Gasteiger partial charge in [-0.3, -0.25) is 0 Å². The van der Waals surface area contributed by atoms with E-state index < -0.39 is 25.0 Å². The molecule has 36 heavy (non-hydrogen) atoms. The molecule has 0 amide bonds. The van der Waals surface area contributed by atoms with Crippen LogP contribution in [0.3, 0.4) is 0 Å². The van der Waals surface area contributed by atoms with Gasteiger partial charge >= 0.3 is 12.3 Å². The summed E-state index contributed by atoms with van der Waals surface area (Å²) in [5, 5.41) is 0. The van der Waals surface area contributed by atoms with Gasteiger partial charge in [0.2, 0.25) is 0 Å². The van der Waals surface area contributed by atoms with E-state index in [1.54, 1.807) is 0 Å². The summed E-state index contributed by atoms with van der Waals surface area (Å²) < 4.78 is 46.6. The molecule has 0 aliphatic heterocycles. The van der Waals surface area contributed by atoms with Gasteiger partial charge in [-0.2, -0.15) is 13.2 Å². The fraction of sp³-hybridized carbons (Fsp3) is 0.900. The number of hydrogen-bond donors (Lipinski definition) is 0. The normalized spacial score (nSPS) is 39.0. The molecule has 0 N–H and O–H groups in total. The zero-order valence-corrected chi connectivity index (χ0v) is 23.0. The van der Waals surface area contributed by atoms with Crippen molar-refractivity contribution < 1.29 is 27.4 Å². The highest BCUT2D eigenvalue weighted by Crippen LogP contribution is 2.67. The smallest absolute Gasteiger partial charge is 0.431 e. The van der Waals surface area contributed by atoms with Gasteiger partial charge in [-0.15, -0.1) is 0 Å². The Bertz CT molecular complexity index is 821. The summed E-state index contributed by atoms with van der Waals surface area (Å²) in [5.41, 5.74) is 1.91. The number of halogens is 3. The topological polar surface area (TPSA) is 35.5 Å². The van der Waals surface area contributed by atoms with E-state index in [1.807, 2.05) is 0 Å². The molecule has 4 rings (SSSR count). The second-order valence-electron chi connectivity index (χ2n) is 13.4. The molecule has 4 aliphatic rings. The van der Waals surface area contributed by atoms with Crippen LogP contribution in [0.4, 0.5) is 18.0 Å². The first-order chi connectivity index (χ1) is 16.8. The number of alkyl halides is 3. The van der Waals surface area contributed by atoms with Crippen LogP contribution in [-0.2, 0) is 9.47 Å². The van der Waals surface area contributed by atoms with Crippen molar-refractivity contribution in [1.82, 2.24) is 0 Å². The largest absolute Gasteiger partial charge is 0.508 e. The summed E-state index contributed by atoms with van der Waals surface area (Å²) in [7, 11) is 0. The molecule has 3 nitrogen and oxygen atoms in total. The molecule has 0 saturated heterocycles. The van der Waals surface area contributed by atoms with Crippen molar-refractivity contribution in [1.29, 1.82) is 0 Å². The van der Waals surface area contributed by atoms with Crippen LogP contribution < -0.4 is 0 Å². The van der Waals surface area contributed by atoms with Crippen LogP contribution in [0.2, 0.25) is 0 Å². The zero-order chi connectivity index (χ0) is 26.3. The number of fused-ring (bicyclic) bond motifs is 5. The maximum absolute atomic E-state index is 12.4. The highest BCUT2D eigenvalue weighted by atomic mass is 19.4. The highest BCUT2D eigenvalue weighted by Gasteiger charge is 2.59. The average molecular weight is 513 g/mol. The summed E-state index contributed by atoms with van der Waals surface area (Å²) in [5.74, 6) is 4.58. The van der Waals surface area contributed by atoms with Gasteiger partial charge in [0.1, 0.15) is 6.10 Å². The third-order valence-corrected chi connectivity index (χ3v) is 10.9. The Morgan fingerprint density at radius 3 is 2.50 bits per heavy atom. The molecule has 6 unspecified atom stereocenters. The second-order valence-corrected chi connectivity index (χ2v) is 13.4. The molecular weight excluding hydrogens is 465 g/mol. The standard InChI is InChI=1S/C30H47F3O3/c1-19(2)7-6-8-20(3)24-11-12-25-23-10-9-21-17-22(36-27(34)35-18-30(31,32)33)13-15-28(21,4)26(23)14-16-29(24,25)5/h9,19-20,22-26H,6-8,10-18H2,1-5H3/t20?,22?,23?,24?,25?,26?,28-,29+/m0/s1. The Morgan fingerprint density at radius 1 is 1.06 bits per heavy atom. The first kappa shape index (κ1) is 27.8. The first-order valence-corrected chi connectivity index (χ1v) is 14.4. The van der Waals surface area contributed by atoms with Crippen LogP contribution in [0.15, 0.2) is 11.6 Å². The second kappa shape index (κ2) is 10.5. The van der Waals surface area contributed by atoms with Crippen LogP contribution in [0.1, 0.15) is 105 Å². The third-order valence-electron chi connectivity index (χ3n) is 10.9. The van der Waals surface area contributed by atoms with Crippen LogP contribution in [0.5, 0.6) is 0 Å². The highest BCUT2D eigenvalue weighted by molar-refractivity contribution is 5.60. The van der Waals surface area contributed by atoms with E-state index in [2.05, 4.69) is 45.4 Å². The Hall–Kier alpha value is -1.20. The molecule has 0 bridgehead atoms. The molecule has 0 aromatic rings. The molecule has 0 spiro atoms. The number of hydrogen-bond acceptors (Lipinski definition) is 3. The van der Waals surface area contributed by atoms with Crippen molar-refractivity contribution >= 4 is 6.16 Å². The van der Waals surface area contributed by atoms with Gasteiger partial charge in [-0.25, -0.2) is 4.79 Å². The monoisotopic (exact) mass is 512 g/mol. The minimum Gasteiger partial charge on any atom is -0.431 e. The molecule has 0 aromatic heterocycles. The van der Waals surface area contributed by atoms with E-state index >= 15 is 0 Å². The maximum Gasteiger partial charge on any atom is 0.508 e. The predicted octanol–water partition coefficient (Wildman–Crippen LogP) is 9.11. The Balaban J connectivity index is 1.39. The molecule has 3 saturated carbocycles. The molecule has 3 fully saturated rings. The number of ether oxygens (including phenoxy) is 2. The maximum atomic E-state index is 12.4. The fourth-order valence-electron chi connectivity index (χ4n) is 9.06. The van der Waals surface area contributed by atoms with Crippen molar-refractivity contribution in [3.05, 3.63) is 11.6 Å². The molecule has 0 radical (unpaired) electrons. The summed E-state index contributed by atoms with van der Waals surface area (Å²) in [6, 6.07) is 0. The molecular formula is C30H47F3O3. The van der Waals surface area contributed by atoms with Crippen LogP contribution >= 0.6 is 0 Å². The number of carbonyl (C=O) groups excluding carboxylic acids is 1. The number of allylic oxidation sites excluding steroid dienone is 1. The lowest BCUT2D eigenvalue weighted by Gasteiger charge is -2.58. The molecule has 4 aliphatic carbocycles. The quantitative estimate of drug-likeness (QED) is 0.252. The van der Waals surface area contributed by atoms with Gasteiger partial charge in [-0.1, -0.05) is 65.5 Å². The molecule has 206 valence electrons. The minimum absolute atomic E-state index is 0.112. The van der Waals surface area contributed by atoms with Crippen molar-refractivity contribution in [2.24, 2.45) is 46.3 Å². The van der Waals surface area contributed by atoms with Gasteiger partial charge in [0.15, 0.2) is 6.61 Å². The van der Waals surface area contributed by atoms with Gasteiger partial charge < -0.3 is 9.47 Å². The first-order valence-electron chi connectivity index (χ1n) is 14.4. The predicted molar refractivity (Wildman–Crippen MR) is 135 cm³/mol. The third kappa shape index (κ3) is 5.62. The SMILES string of the molecule is CC(C)CCCC(C)C1CCC2C3CC=C4CC(OC(=O)OCC(F)(F)F)CC[C@]4(C)C3CC[C@]12C. The van der Waals surface area contributed by atoms with Gasteiger partial charge in [0.05, 0.1) is 0 Å². The molecule has 6 heteroatoms. The van der Waals surface area contributed by atoms with Crippen molar-refractivity contribution in [2.45, 2.75) is 118 Å². The fourth-order valence-corrected chi connectivity index (χ4v) is 9.06. The molecule has 8 atom stereocenters. The van der Waals surface area contributed by atoms with Crippen LogP contribution in [-0.4, -0.2) is 25.0 Å². The van der Waals surface area contributed by atoms with Crippen molar-refractivity contribution in [2.75, 3.05) is 6.61 Å². The zero-order valence-electron chi connectivity index (χ0n) is 23.0. The molecule has 0 heterocycles. The molecule has 0 aromatic carbocycles. The summed E-state index contributed by atoms with van der Waals surface area (Å²) >= 11 is 0. The van der Waals surface area contributed by atoms with Crippen molar-refractivity contribution in [3.63, 3.8) is 0 Å². The lowest BCUT2D eigenvalue weighted by atomic mass is 9.47. The van der Waals surface area contributed by atoms with E-state index in [4.69, 9.17) is 4.74 Å². The average Bonchev–Trinajstić information content (AvgIpc) is 3.14. The van der Waals surface area contributed by atoms with Gasteiger partial charge in [0, 0.05) is 6.42 Å². The Kier molecular flexibility index (Phi) is 8.13. The van der Waals surface area contributed by atoms with Crippen LogP contribution in [0, 0.1) is 46.3 Å². The van der Waals surface area contributed by atoms with E-state index in [-0.39, 0.29) is 5.41 Å². The Morgan fingerprint density at radius 2 is 1.81 bits per heavy atom.